The Kier molecular flexibility index (Phi) is 5.93. The second kappa shape index (κ2) is 8.81. The first-order valence-electron chi connectivity index (χ1n) is 9.97. The first kappa shape index (κ1) is 21.5. The van der Waals surface area contributed by atoms with Gasteiger partial charge in [-0.1, -0.05) is 35.9 Å². The number of fused-ring (bicyclic) bond motifs is 1. The Bertz CT molecular complexity index is 1330. The molecule has 4 rings (SSSR count). The first-order chi connectivity index (χ1) is 15.3. The van der Waals surface area contributed by atoms with Gasteiger partial charge in [-0.15, -0.1) is 0 Å². The molecule has 0 fully saturated rings. The van der Waals surface area contributed by atoms with Gasteiger partial charge in [-0.25, -0.2) is 0 Å². The van der Waals surface area contributed by atoms with Crippen LogP contribution in [0.5, 0.6) is 34.5 Å². The number of hydrogen-bond acceptors (Lipinski definition) is 5. The molecule has 0 aromatic heterocycles. The lowest BCUT2D eigenvalue weighted by molar-refractivity contribution is -0.131. The average Bonchev–Trinajstić information content (AvgIpc) is 2.73. The summed E-state index contributed by atoms with van der Waals surface area (Å²) in [5, 5.41) is 12.4. The summed E-state index contributed by atoms with van der Waals surface area (Å²) < 4.78 is 17.8. The monoisotopic (exact) mass is 448 g/mol. The van der Waals surface area contributed by atoms with E-state index in [9.17, 15) is 9.90 Å². The molecule has 162 valence electrons. The van der Waals surface area contributed by atoms with Crippen molar-refractivity contribution in [2.45, 2.75) is 20.8 Å². The molecule has 0 aliphatic rings. The summed E-state index contributed by atoms with van der Waals surface area (Å²) in [7, 11) is 0. The van der Waals surface area contributed by atoms with Crippen molar-refractivity contribution >= 4 is 28.3 Å². The molecule has 0 aliphatic carbocycles. The van der Waals surface area contributed by atoms with E-state index in [0.29, 0.717) is 27.3 Å². The molecule has 0 unspecified atom stereocenters. The van der Waals surface area contributed by atoms with Crippen LogP contribution >= 0.6 is 11.6 Å². The third-order valence-electron chi connectivity index (χ3n) is 4.77. The Morgan fingerprint density at radius 2 is 1.38 bits per heavy atom. The third-order valence-corrected chi connectivity index (χ3v) is 5.01. The summed E-state index contributed by atoms with van der Waals surface area (Å²) in [6, 6.07) is 19.6. The van der Waals surface area contributed by atoms with Crippen LogP contribution in [0.2, 0.25) is 5.02 Å². The molecule has 4 aromatic rings. The molecule has 0 radical (unpaired) electrons. The molecule has 0 heterocycles. The zero-order chi connectivity index (χ0) is 22.8. The number of halogens is 1. The second-order valence-electron chi connectivity index (χ2n) is 7.46. The van der Waals surface area contributed by atoms with E-state index in [4.69, 9.17) is 25.8 Å². The maximum absolute atomic E-state index is 12.0. The molecule has 5 nitrogen and oxygen atoms in total. The summed E-state index contributed by atoms with van der Waals surface area (Å²) in [6.45, 7) is 5.16. The molecular weight excluding hydrogens is 428 g/mol. The number of aryl methyl sites for hydroxylation is 2. The van der Waals surface area contributed by atoms with Gasteiger partial charge in [0.25, 0.3) is 0 Å². The molecule has 6 heteroatoms. The van der Waals surface area contributed by atoms with Crippen LogP contribution in [0.3, 0.4) is 0 Å². The summed E-state index contributed by atoms with van der Waals surface area (Å²) in [5.41, 5.74) is 1.96. The normalized spacial score (nSPS) is 10.8. The highest BCUT2D eigenvalue weighted by Crippen LogP contribution is 2.53. The van der Waals surface area contributed by atoms with Crippen molar-refractivity contribution in [3.8, 4) is 34.5 Å². The Balaban J connectivity index is 2.00. The van der Waals surface area contributed by atoms with Gasteiger partial charge in [0.2, 0.25) is 11.5 Å². The predicted molar refractivity (Wildman–Crippen MR) is 124 cm³/mol. The number of rotatable bonds is 5. The molecule has 1 N–H and O–H groups in total. The summed E-state index contributed by atoms with van der Waals surface area (Å²) in [5.74, 6) is 0.503. The van der Waals surface area contributed by atoms with E-state index < -0.39 is 5.97 Å². The van der Waals surface area contributed by atoms with Gasteiger partial charge in [-0.2, -0.15) is 0 Å². The van der Waals surface area contributed by atoms with Gasteiger partial charge in [0.05, 0.1) is 0 Å². The predicted octanol–water partition coefficient (Wildman–Crippen LogP) is 7.33. The number of aromatic hydroxyl groups is 1. The topological polar surface area (TPSA) is 65.0 Å². The van der Waals surface area contributed by atoms with Gasteiger partial charge in [0, 0.05) is 22.7 Å². The Morgan fingerprint density at radius 3 is 1.94 bits per heavy atom. The Hall–Kier alpha value is -3.70. The fourth-order valence-corrected chi connectivity index (χ4v) is 3.56. The molecule has 0 spiro atoms. The molecule has 0 atom stereocenters. The van der Waals surface area contributed by atoms with E-state index in [1.807, 2.05) is 50.2 Å². The van der Waals surface area contributed by atoms with E-state index in [0.717, 1.165) is 11.1 Å². The minimum absolute atomic E-state index is 0.0168. The zero-order valence-electron chi connectivity index (χ0n) is 17.8. The van der Waals surface area contributed by atoms with Gasteiger partial charge >= 0.3 is 5.97 Å². The number of carbonyl (C=O) groups is 1. The molecule has 0 amide bonds. The van der Waals surface area contributed by atoms with E-state index in [1.54, 1.807) is 30.3 Å². The number of benzene rings is 4. The van der Waals surface area contributed by atoms with Gasteiger partial charge < -0.3 is 19.3 Å². The fourth-order valence-electron chi connectivity index (χ4n) is 3.39. The van der Waals surface area contributed by atoms with Crippen molar-refractivity contribution in [3.05, 3.63) is 82.9 Å². The van der Waals surface area contributed by atoms with Crippen LogP contribution in [0.15, 0.2) is 66.7 Å². The number of phenolic OH excluding ortho intramolecular Hbond substituents is 1. The van der Waals surface area contributed by atoms with Crippen LogP contribution in [0.4, 0.5) is 0 Å². The Morgan fingerprint density at radius 1 is 0.781 bits per heavy atom. The van der Waals surface area contributed by atoms with Crippen LogP contribution in [0.1, 0.15) is 18.1 Å². The number of phenols is 1. The van der Waals surface area contributed by atoms with Gasteiger partial charge in [-0.05, 0) is 67.4 Å². The second-order valence-corrected chi connectivity index (χ2v) is 7.89. The molecule has 4 aromatic carbocycles. The van der Waals surface area contributed by atoms with Crippen LogP contribution in [-0.2, 0) is 4.79 Å². The minimum Gasteiger partial charge on any atom is -0.504 e. The lowest BCUT2D eigenvalue weighted by Gasteiger charge is -2.20. The number of esters is 1. The maximum atomic E-state index is 12.0. The quantitative estimate of drug-likeness (QED) is 0.256. The highest BCUT2D eigenvalue weighted by atomic mass is 35.5. The smallest absolute Gasteiger partial charge is 0.308 e. The highest BCUT2D eigenvalue weighted by molar-refractivity contribution is 6.31. The summed E-state index contributed by atoms with van der Waals surface area (Å²) in [6.07, 6.45) is 0. The number of hydrogen-bond donors (Lipinski definition) is 1. The van der Waals surface area contributed by atoms with Crippen molar-refractivity contribution < 1.29 is 24.1 Å². The fraction of sp³-hybridized carbons (Fsp3) is 0.115. The highest BCUT2D eigenvalue weighted by Gasteiger charge is 2.26. The molecule has 0 aliphatic heterocycles. The molecule has 0 saturated carbocycles. The zero-order valence-corrected chi connectivity index (χ0v) is 18.6. The van der Waals surface area contributed by atoms with Gasteiger partial charge in [-0.3, -0.25) is 4.79 Å². The van der Waals surface area contributed by atoms with E-state index in [1.165, 1.54) is 6.92 Å². The molecular formula is C26H21ClO5. The van der Waals surface area contributed by atoms with E-state index in [-0.39, 0.29) is 23.0 Å². The van der Waals surface area contributed by atoms with Crippen LogP contribution in [-0.4, -0.2) is 11.1 Å². The van der Waals surface area contributed by atoms with Crippen LogP contribution < -0.4 is 14.2 Å². The van der Waals surface area contributed by atoms with E-state index >= 15 is 0 Å². The lowest BCUT2D eigenvalue weighted by Crippen LogP contribution is -2.05. The van der Waals surface area contributed by atoms with Crippen molar-refractivity contribution in [3.63, 3.8) is 0 Å². The van der Waals surface area contributed by atoms with Gasteiger partial charge in [0.1, 0.15) is 11.5 Å². The van der Waals surface area contributed by atoms with Crippen LogP contribution in [0, 0.1) is 13.8 Å². The van der Waals surface area contributed by atoms with E-state index in [2.05, 4.69) is 0 Å². The number of ether oxygens (including phenoxy) is 3. The third kappa shape index (κ3) is 4.48. The SMILES string of the molecule is CC(=O)Oc1c(Oc2cccc(C)c2)c(Oc2cccc(C)c2)c(O)c2cc(Cl)ccc12. The maximum Gasteiger partial charge on any atom is 0.308 e. The minimum atomic E-state index is -0.539. The lowest BCUT2D eigenvalue weighted by atomic mass is 10.1. The van der Waals surface area contributed by atoms with Crippen molar-refractivity contribution in [1.29, 1.82) is 0 Å². The molecule has 0 saturated heterocycles. The van der Waals surface area contributed by atoms with Crippen LogP contribution in [0.25, 0.3) is 10.8 Å². The first-order valence-corrected chi connectivity index (χ1v) is 10.4. The molecule has 32 heavy (non-hydrogen) atoms. The largest absolute Gasteiger partial charge is 0.504 e. The van der Waals surface area contributed by atoms with Crippen molar-refractivity contribution in [1.82, 2.24) is 0 Å². The van der Waals surface area contributed by atoms with Gasteiger partial charge in [0.15, 0.2) is 11.5 Å². The average molecular weight is 449 g/mol. The Labute approximate surface area is 190 Å². The standard InChI is InChI=1S/C26H21ClO5/c1-15-6-4-8-19(12-15)31-25-23(29)22-14-18(27)10-11-21(22)24(30-17(3)28)26(25)32-20-9-5-7-16(2)13-20/h4-14,29H,1-3H3. The van der Waals surface area contributed by atoms with Crippen molar-refractivity contribution in [2.75, 3.05) is 0 Å². The summed E-state index contributed by atoms with van der Waals surface area (Å²) >= 11 is 6.18. The number of carbonyl (C=O) groups excluding carboxylic acids is 1. The summed E-state index contributed by atoms with van der Waals surface area (Å²) in [4.78, 5) is 12.0. The van der Waals surface area contributed by atoms with Crippen molar-refractivity contribution in [2.24, 2.45) is 0 Å². The molecule has 0 bridgehead atoms.